The summed E-state index contributed by atoms with van der Waals surface area (Å²) in [4.78, 5) is 32.6. The van der Waals surface area contributed by atoms with Crippen LogP contribution in [0.2, 0.25) is 0 Å². The van der Waals surface area contributed by atoms with Gasteiger partial charge in [0.2, 0.25) is 0 Å². The molecule has 0 heterocycles. The third kappa shape index (κ3) is 4.75. The van der Waals surface area contributed by atoms with Crippen LogP contribution in [0, 0.1) is 10.1 Å². The van der Waals surface area contributed by atoms with Gasteiger partial charge in [-0.3, -0.25) is 14.9 Å². The molecule has 0 fully saturated rings. The Labute approximate surface area is 120 Å². The molecule has 1 aromatic rings. The Balaban J connectivity index is 2.85. The largest absolute Gasteiger partial charge is 0.478 e. The molecule has 8 nitrogen and oxygen atoms in total. The second-order valence-electron chi connectivity index (χ2n) is 4.41. The van der Waals surface area contributed by atoms with E-state index in [1.165, 1.54) is 0 Å². The molecule has 0 aliphatic heterocycles. The van der Waals surface area contributed by atoms with Crippen LogP contribution in [0.15, 0.2) is 18.2 Å². The lowest BCUT2D eigenvalue weighted by molar-refractivity contribution is -0.385. The maximum atomic E-state index is 11.6. The van der Waals surface area contributed by atoms with Crippen molar-refractivity contribution >= 4 is 17.6 Å². The van der Waals surface area contributed by atoms with Crippen LogP contribution < -0.4 is 10.1 Å². The smallest absolute Gasteiger partial charge is 0.335 e. The number of hydrogen-bond donors (Lipinski definition) is 2. The summed E-state index contributed by atoms with van der Waals surface area (Å²) in [5, 5.41) is 22.3. The first kappa shape index (κ1) is 16.4. The van der Waals surface area contributed by atoms with Gasteiger partial charge in [0.05, 0.1) is 10.5 Å². The van der Waals surface area contributed by atoms with Crippen molar-refractivity contribution in [1.29, 1.82) is 0 Å². The molecule has 8 heteroatoms. The van der Waals surface area contributed by atoms with E-state index in [4.69, 9.17) is 9.84 Å². The average Bonchev–Trinajstić information content (AvgIpc) is 2.44. The number of nitro groups is 1. The Morgan fingerprint density at radius 1 is 1.48 bits per heavy atom. The van der Waals surface area contributed by atoms with Gasteiger partial charge in [-0.1, -0.05) is 6.92 Å². The van der Waals surface area contributed by atoms with Gasteiger partial charge in [0.25, 0.3) is 5.91 Å². The summed E-state index contributed by atoms with van der Waals surface area (Å²) in [7, 11) is 0. The SMILES string of the molecule is CC[C@H](C)NC(=O)COc1cc(C(=O)O)ccc1[N+](=O)[O-]. The molecule has 0 radical (unpaired) electrons. The summed E-state index contributed by atoms with van der Waals surface area (Å²) in [6.07, 6.45) is 0.736. The van der Waals surface area contributed by atoms with Crippen molar-refractivity contribution in [3.05, 3.63) is 33.9 Å². The summed E-state index contributed by atoms with van der Waals surface area (Å²) in [6, 6.07) is 3.12. The van der Waals surface area contributed by atoms with Crippen LogP contribution in [0.3, 0.4) is 0 Å². The highest BCUT2D eigenvalue weighted by Gasteiger charge is 2.19. The molecule has 0 saturated carbocycles. The molecule has 0 unspecified atom stereocenters. The van der Waals surface area contributed by atoms with E-state index in [1.54, 1.807) is 0 Å². The van der Waals surface area contributed by atoms with Crippen molar-refractivity contribution in [2.24, 2.45) is 0 Å². The van der Waals surface area contributed by atoms with E-state index in [0.717, 1.165) is 24.6 Å². The van der Waals surface area contributed by atoms with Crippen molar-refractivity contribution < 1.29 is 24.4 Å². The van der Waals surface area contributed by atoms with Crippen molar-refractivity contribution in [3.63, 3.8) is 0 Å². The van der Waals surface area contributed by atoms with Crippen molar-refractivity contribution in [1.82, 2.24) is 5.32 Å². The topological polar surface area (TPSA) is 119 Å². The number of carbonyl (C=O) groups is 2. The number of hydrogen-bond acceptors (Lipinski definition) is 5. The summed E-state index contributed by atoms with van der Waals surface area (Å²) < 4.78 is 5.08. The highest BCUT2D eigenvalue weighted by molar-refractivity contribution is 5.88. The molecular formula is C13H16N2O6. The summed E-state index contributed by atoms with van der Waals surface area (Å²) in [6.45, 7) is 3.28. The minimum absolute atomic E-state index is 0.0403. The normalized spacial score (nSPS) is 11.5. The molecular weight excluding hydrogens is 280 g/mol. The quantitative estimate of drug-likeness (QED) is 0.582. The number of nitro benzene ring substituents is 1. The number of rotatable bonds is 7. The van der Waals surface area contributed by atoms with Crippen LogP contribution in [0.1, 0.15) is 30.6 Å². The number of carboxylic acids is 1. The fourth-order valence-corrected chi connectivity index (χ4v) is 1.48. The first-order valence-electron chi connectivity index (χ1n) is 6.29. The molecule has 1 amide bonds. The van der Waals surface area contributed by atoms with E-state index in [0.29, 0.717) is 0 Å². The first-order valence-corrected chi connectivity index (χ1v) is 6.29. The Hall–Kier alpha value is -2.64. The zero-order valence-corrected chi connectivity index (χ0v) is 11.7. The Morgan fingerprint density at radius 2 is 2.14 bits per heavy atom. The van der Waals surface area contributed by atoms with Crippen LogP contribution in [0.5, 0.6) is 5.75 Å². The molecule has 0 bridgehead atoms. The fourth-order valence-electron chi connectivity index (χ4n) is 1.48. The van der Waals surface area contributed by atoms with Crippen LogP contribution in [-0.2, 0) is 4.79 Å². The van der Waals surface area contributed by atoms with E-state index in [-0.39, 0.29) is 17.4 Å². The predicted molar refractivity (Wildman–Crippen MR) is 73.4 cm³/mol. The zero-order chi connectivity index (χ0) is 16.0. The van der Waals surface area contributed by atoms with Gasteiger partial charge in [0.1, 0.15) is 0 Å². The number of aromatic carboxylic acids is 1. The summed E-state index contributed by atoms with van der Waals surface area (Å²) in [5.74, 6) is -1.92. The zero-order valence-electron chi connectivity index (χ0n) is 11.7. The van der Waals surface area contributed by atoms with Gasteiger partial charge in [0, 0.05) is 18.2 Å². The van der Waals surface area contributed by atoms with E-state index in [1.807, 2.05) is 13.8 Å². The number of carbonyl (C=O) groups excluding carboxylic acids is 1. The molecule has 0 aliphatic rings. The standard InChI is InChI=1S/C13H16N2O6/c1-3-8(2)14-12(16)7-21-11-6-9(13(17)18)4-5-10(11)15(19)20/h4-6,8H,3,7H2,1-2H3,(H,14,16)(H,17,18)/t8-/m0/s1. The second-order valence-corrected chi connectivity index (χ2v) is 4.41. The van der Waals surface area contributed by atoms with E-state index >= 15 is 0 Å². The van der Waals surface area contributed by atoms with Crippen LogP contribution in [0.4, 0.5) is 5.69 Å². The number of benzene rings is 1. The molecule has 1 atom stereocenters. The highest BCUT2D eigenvalue weighted by atomic mass is 16.6. The molecule has 0 aromatic heterocycles. The van der Waals surface area contributed by atoms with E-state index in [9.17, 15) is 19.7 Å². The minimum atomic E-state index is -1.24. The third-order valence-corrected chi connectivity index (χ3v) is 2.78. The van der Waals surface area contributed by atoms with Crippen LogP contribution in [-0.4, -0.2) is 34.6 Å². The molecule has 0 aliphatic carbocycles. The first-order chi connectivity index (χ1) is 9.85. The van der Waals surface area contributed by atoms with Gasteiger partial charge in [0.15, 0.2) is 12.4 Å². The average molecular weight is 296 g/mol. The highest BCUT2D eigenvalue weighted by Crippen LogP contribution is 2.27. The third-order valence-electron chi connectivity index (χ3n) is 2.78. The Morgan fingerprint density at radius 3 is 2.67 bits per heavy atom. The fraction of sp³-hybridized carbons (Fsp3) is 0.385. The second kappa shape index (κ2) is 7.22. The number of amides is 1. The lowest BCUT2D eigenvalue weighted by atomic mass is 10.2. The Bertz CT molecular complexity index is 558. The van der Waals surface area contributed by atoms with Gasteiger partial charge in [-0.2, -0.15) is 0 Å². The summed E-state index contributed by atoms with van der Waals surface area (Å²) >= 11 is 0. The minimum Gasteiger partial charge on any atom is -0.478 e. The van der Waals surface area contributed by atoms with Crippen molar-refractivity contribution in [3.8, 4) is 5.75 Å². The Kier molecular flexibility index (Phi) is 5.65. The molecule has 1 rings (SSSR count). The van der Waals surface area contributed by atoms with Crippen molar-refractivity contribution in [2.45, 2.75) is 26.3 Å². The van der Waals surface area contributed by atoms with Gasteiger partial charge in [-0.05, 0) is 19.4 Å². The van der Waals surface area contributed by atoms with Crippen molar-refractivity contribution in [2.75, 3.05) is 6.61 Å². The number of ether oxygens (including phenoxy) is 1. The van der Waals surface area contributed by atoms with Gasteiger partial charge in [-0.25, -0.2) is 4.79 Å². The maximum absolute atomic E-state index is 11.6. The molecule has 21 heavy (non-hydrogen) atoms. The van der Waals surface area contributed by atoms with Crippen LogP contribution in [0.25, 0.3) is 0 Å². The number of nitrogens with zero attached hydrogens (tertiary/aromatic N) is 1. The maximum Gasteiger partial charge on any atom is 0.335 e. The van der Waals surface area contributed by atoms with E-state index in [2.05, 4.69) is 5.32 Å². The van der Waals surface area contributed by atoms with Gasteiger partial charge in [-0.15, -0.1) is 0 Å². The molecule has 0 saturated heterocycles. The molecule has 114 valence electrons. The lowest BCUT2D eigenvalue weighted by Crippen LogP contribution is -2.35. The number of nitrogens with one attached hydrogen (secondary N) is 1. The molecule has 2 N–H and O–H groups in total. The van der Waals surface area contributed by atoms with Crippen LogP contribution >= 0.6 is 0 Å². The monoisotopic (exact) mass is 296 g/mol. The lowest BCUT2D eigenvalue weighted by Gasteiger charge is -2.12. The van der Waals surface area contributed by atoms with Gasteiger partial charge >= 0.3 is 11.7 Å². The van der Waals surface area contributed by atoms with Gasteiger partial charge < -0.3 is 15.2 Å². The molecule has 0 spiro atoms. The van der Waals surface area contributed by atoms with E-state index < -0.39 is 29.1 Å². The number of carboxylic acid groups (broad SMARTS) is 1. The molecule has 1 aromatic carbocycles. The summed E-state index contributed by atoms with van der Waals surface area (Å²) in [5.41, 5.74) is -0.547. The predicted octanol–water partition coefficient (Wildman–Crippen LogP) is 1.59.